The second-order valence-corrected chi connectivity index (χ2v) is 6.02. The maximum Gasteiger partial charge on any atom is 0.130 e. The topological polar surface area (TPSA) is 28.7 Å². The first-order valence-electron chi connectivity index (χ1n) is 6.05. The van der Waals surface area contributed by atoms with E-state index in [1.165, 1.54) is 5.56 Å². The van der Waals surface area contributed by atoms with Crippen LogP contribution in [0.5, 0.6) is 0 Å². The monoisotopic (exact) mass is 258 g/mol. The van der Waals surface area contributed by atoms with Crippen LogP contribution in [0, 0.1) is 11.6 Å². The molecule has 3 heteroatoms. The molecule has 0 aliphatic heterocycles. The molecule has 2 aromatic rings. The smallest absolute Gasteiger partial charge is 0.130 e. The third kappa shape index (κ3) is 2.85. The van der Waals surface area contributed by atoms with Gasteiger partial charge < -0.3 is 4.98 Å². The van der Waals surface area contributed by atoms with Crippen LogP contribution in [0.2, 0.25) is 0 Å². The zero-order valence-electron chi connectivity index (χ0n) is 11.2. The lowest BCUT2D eigenvalue weighted by atomic mass is 9.95. The minimum atomic E-state index is -0.0343. The minimum Gasteiger partial charge on any atom is -0.343 e. The molecule has 0 bridgehead atoms. The van der Waals surface area contributed by atoms with Crippen LogP contribution in [0.3, 0.4) is 0 Å². The van der Waals surface area contributed by atoms with E-state index >= 15 is 0 Å². The molecule has 1 N–H and O–H groups in total. The molecule has 0 spiro atoms. The minimum absolute atomic E-state index is 0.0343. The van der Waals surface area contributed by atoms with Gasteiger partial charge in [0, 0.05) is 11.1 Å². The highest BCUT2D eigenvalue weighted by Crippen LogP contribution is 2.23. The van der Waals surface area contributed by atoms with Gasteiger partial charge >= 0.3 is 0 Å². The Morgan fingerprint density at radius 1 is 1.17 bits per heavy atom. The first-order chi connectivity index (χ1) is 8.36. The average molecular weight is 258 g/mol. The molecule has 2 nitrogen and oxygen atoms in total. The van der Waals surface area contributed by atoms with E-state index in [2.05, 4.69) is 61.9 Å². The SMILES string of the molecule is Cc1cccc(-c2cc(=S)nc(C(C)(C)C)[nH]2)c1. The first kappa shape index (κ1) is 13.0. The normalized spacial score (nSPS) is 11.6. The molecule has 0 unspecified atom stereocenters. The summed E-state index contributed by atoms with van der Waals surface area (Å²) >= 11 is 5.26. The number of rotatable bonds is 1. The van der Waals surface area contributed by atoms with E-state index in [0.29, 0.717) is 4.64 Å². The number of nitrogens with zero attached hydrogens (tertiary/aromatic N) is 1. The lowest BCUT2D eigenvalue weighted by molar-refractivity contribution is 0.545. The van der Waals surface area contributed by atoms with Crippen molar-refractivity contribution in [1.29, 1.82) is 0 Å². The molecule has 0 saturated carbocycles. The molecule has 1 aromatic heterocycles. The van der Waals surface area contributed by atoms with Crippen LogP contribution in [0.25, 0.3) is 11.3 Å². The summed E-state index contributed by atoms with van der Waals surface area (Å²) in [5.41, 5.74) is 3.38. The van der Waals surface area contributed by atoms with Crippen molar-refractivity contribution >= 4 is 12.2 Å². The Morgan fingerprint density at radius 3 is 2.50 bits per heavy atom. The highest BCUT2D eigenvalue weighted by Gasteiger charge is 2.17. The third-order valence-corrected chi connectivity index (χ3v) is 2.99. The van der Waals surface area contributed by atoms with Crippen LogP contribution in [0.15, 0.2) is 30.3 Å². The number of hydrogen-bond acceptors (Lipinski definition) is 2. The molecule has 1 heterocycles. The van der Waals surface area contributed by atoms with Crippen LogP contribution in [0.1, 0.15) is 32.2 Å². The van der Waals surface area contributed by atoms with Gasteiger partial charge in [0.05, 0.1) is 0 Å². The van der Waals surface area contributed by atoms with Crippen molar-refractivity contribution < 1.29 is 0 Å². The van der Waals surface area contributed by atoms with Gasteiger partial charge in [0.1, 0.15) is 10.5 Å². The van der Waals surface area contributed by atoms with Crippen molar-refractivity contribution in [2.24, 2.45) is 0 Å². The summed E-state index contributed by atoms with van der Waals surface area (Å²) in [6.07, 6.45) is 0. The van der Waals surface area contributed by atoms with Gasteiger partial charge in [-0.3, -0.25) is 0 Å². The zero-order valence-corrected chi connectivity index (χ0v) is 12.1. The molecule has 0 fully saturated rings. The molecule has 18 heavy (non-hydrogen) atoms. The number of H-pyrrole nitrogens is 1. The highest BCUT2D eigenvalue weighted by molar-refractivity contribution is 7.71. The fraction of sp³-hybridized carbons (Fsp3) is 0.333. The fourth-order valence-electron chi connectivity index (χ4n) is 1.78. The number of nitrogens with one attached hydrogen (secondary N) is 1. The number of aryl methyl sites for hydroxylation is 1. The fourth-order valence-corrected chi connectivity index (χ4v) is 1.99. The van der Waals surface area contributed by atoms with Gasteiger partial charge in [-0.25, -0.2) is 4.98 Å². The standard InChI is InChI=1S/C15H18N2S/c1-10-6-5-7-11(8-10)12-9-13(18)17-14(16-12)15(2,3)4/h5-9H,1-4H3,(H,16,17,18). The number of benzene rings is 1. The van der Waals surface area contributed by atoms with E-state index in [-0.39, 0.29) is 5.41 Å². The number of hydrogen-bond donors (Lipinski definition) is 1. The van der Waals surface area contributed by atoms with Crippen LogP contribution in [-0.2, 0) is 5.41 Å². The van der Waals surface area contributed by atoms with E-state index in [1.54, 1.807) is 0 Å². The largest absolute Gasteiger partial charge is 0.343 e. The van der Waals surface area contributed by atoms with Crippen LogP contribution in [0.4, 0.5) is 0 Å². The first-order valence-corrected chi connectivity index (χ1v) is 6.46. The predicted molar refractivity (Wildman–Crippen MR) is 78.3 cm³/mol. The van der Waals surface area contributed by atoms with Crippen molar-refractivity contribution in [1.82, 2.24) is 9.97 Å². The molecule has 0 aliphatic carbocycles. The van der Waals surface area contributed by atoms with Crippen molar-refractivity contribution in [2.45, 2.75) is 33.1 Å². The van der Waals surface area contributed by atoms with Gasteiger partial charge in [-0.15, -0.1) is 0 Å². The van der Waals surface area contributed by atoms with E-state index in [1.807, 2.05) is 6.07 Å². The number of aromatic amines is 1. The average Bonchev–Trinajstić information content (AvgIpc) is 2.27. The van der Waals surface area contributed by atoms with Crippen molar-refractivity contribution in [3.05, 3.63) is 46.4 Å². The lowest BCUT2D eigenvalue weighted by Gasteiger charge is -2.18. The summed E-state index contributed by atoms with van der Waals surface area (Å²) in [6.45, 7) is 8.46. The maximum absolute atomic E-state index is 5.26. The van der Waals surface area contributed by atoms with Crippen molar-refractivity contribution in [3.8, 4) is 11.3 Å². The highest BCUT2D eigenvalue weighted by atomic mass is 32.1. The summed E-state index contributed by atoms with van der Waals surface area (Å²) in [7, 11) is 0. The Labute approximate surface area is 113 Å². The van der Waals surface area contributed by atoms with Crippen LogP contribution < -0.4 is 0 Å². The Morgan fingerprint density at radius 2 is 1.89 bits per heavy atom. The predicted octanol–water partition coefficient (Wildman–Crippen LogP) is 4.41. The molecule has 0 saturated heterocycles. The van der Waals surface area contributed by atoms with Gasteiger partial charge in [-0.1, -0.05) is 56.8 Å². The van der Waals surface area contributed by atoms with Crippen LogP contribution >= 0.6 is 12.2 Å². The Bertz CT molecular complexity index is 621. The zero-order chi connectivity index (χ0) is 13.3. The number of aromatic nitrogens is 2. The molecule has 0 amide bonds. The molecule has 94 valence electrons. The molecular weight excluding hydrogens is 240 g/mol. The molecule has 1 aromatic carbocycles. The Kier molecular flexibility index (Phi) is 3.35. The van der Waals surface area contributed by atoms with E-state index < -0.39 is 0 Å². The molecule has 0 aliphatic rings. The summed E-state index contributed by atoms with van der Waals surface area (Å²) in [4.78, 5) is 7.80. The Hall–Kier alpha value is -1.48. The van der Waals surface area contributed by atoms with Gasteiger partial charge in [-0.05, 0) is 24.6 Å². The summed E-state index contributed by atoms with van der Waals surface area (Å²) in [5, 5.41) is 0. The summed E-state index contributed by atoms with van der Waals surface area (Å²) in [6, 6.07) is 10.3. The Balaban J connectivity index is 2.59. The van der Waals surface area contributed by atoms with E-state index in [0.717, 1.165) is 17.1 Å². The van der Waals surface area contributed by atoms with E-state index in [9.17, 15) is 0 Å². The van der Waals surface area contributed by atoms with Gasteiger partial charge in [0.25, 0.3) is 0 Å². The quantitative estimate of drug-likeness (QED) is 0.767. The molecule has 0 atom stereocenters. The third-order valence-electron chi connectivity index (χ3n) is 2.78. The second kappa shape index (κ2) is 4.65. The molecular formula is C15H18N2S. The van der Waals surface area contributed by atoms with Crippen LogP contribution in [-0.4, -0.2) is 9.97 Å². The second-order valence-electron chi connectivity index (χ2n) is 5.60. The van der Waals surface area contributed by atoms with Crippen molar-refractivity contribution in [2.75, 3.05) is 0 Å². The van der Waals surface area contributed by atoms with Gasteiger partial charge in [0.15, 0.2) is 0 Å². The molecule has 0 radical (unpaired) electrons. The molecule has 2 rings (SSSR count). The van der Waals surface area contributed by atoms with E-state index in [4.69, 9.17) is 12.2 Å². The summed E-state index contributed by atoms with van der Waals surface area (Å²) < 4.78 is 0.634. The lowest BCUT2D eigenvalue weighted by Crippen LogP contribution is -2.16. The van der Waals surface area contributed by atoms with Crippen molar-refractivity contribution in [3.63, 3.8) is 0 Å². The van der Waals surface area contributed by atoms with Gasteiger partial charge in [-0.2, -0.15) is 0 Å². The maximum atomic E-state index is 5.26. The van der Waals surface area contributed by atoms with Gasteiger partial charge in [0.2, 0.25) is 0 Å². The summed E-state index contributed by atoms with van der Waals surface area (Å²) in [5.74, 6) is 0.923.